The van der Waals surface area contributed by atoms with Gasteiger partial charge in [0.15, 0.2) is 5.82 Å². The van der Waals surface area contributed by atoms with E-state index in [2.05, 4.69) is 29.3 Å². The van der Waals surface area contributed by atoms with Gasteiger partial charge in [0.25, 0.3) is 5.56 Å². The van der Waals surface area contributed by atoms with Crippen LogP contribution < -0.4 is 10.9 Å². The zero-order valence-electron chi connectivity index (χ0n) is 27.9. The Kier molecular flexibility index (Phi) is 10.6. The number of hydrogen-bond acceptors (Lipinski definition) is 7. The van der Waals surface area contributed by atoms with Crippen LogP contribution in [0.4, 0.5) is 10.2 Å². The molecule has 6 rings (SSSR count). The fourth-order valence-electron chi connectivity index (χ4n) is 7.28. The van der Waals surface area contributed by atoms with Crippen molar-refractivity contribution in [2.75, 3.05) is 32.0 Å². The highest BCUT2D eigenvalue weighted by Gasteiger charge is 2.36. The third kappa shape index (κ3) is 7.55. The van der Waals surface area contributed by atoms with E-state index in [0.29, 0.717) is 30.5 Å². The highest BCUT2D eigenvalue weighted by atomic mass is 32.1. The zero-order valence-corrected chi connectivity index (χ0v) is 28.8. The van der Waals surface area contributed by atoms with Crippen LogP contribution in [-0.4, -0.2) is 69.1 Å². The summed E-state index contributed by atoms with van der Waals surface area (Å²) >= 11 is 1.76. The number of rotatable bonds is 11. The standard InChI is InChI=1S/C37H48FN5O3S/c1-4-43-20-19-41(2)36(45)34(43)24-13-16-28(17-14-24)39-35-37(46)42(3)23-30(40-35)26-15-18-29(38)25(21-26)9-5-7-11-31(44)33-22-27-10-6-8-12-32(27)47-33/h13,15,18,21-23,28,31,34,44H,4-12,14,16-17,19-20H2,1-3H3,(H,39,40). The Hall–Kier alpha value is -3.34. The number of amides is 1. The first-order valence-electron chi connectivity index (χ1n) is 17.3. The molecular weight excluding hydrogens is 614 g/mol. The molecule has 8 nitrogen and oxygen atoms in total. The summed E-state index contributed by atoms with van der Waals surface area (Å²) in [5, 5.41) is 14.2. The highest BCUT2D eigenvalue weighted by molar-refractivity contribution is 7.12. The molecule has 3 aliphatic rings. The highest BCUT2D eigenvalue weighted by Crippen LogP contribution is 2.35. The van der Waals surface area contributed by atoms with E-state index in [4.69, 9.17) is 4.98 Å². The number of nitrogens with one attached hydrogen (secondary N) is 1. The smallest absolute Gasteiger partial charge is 0.293 e. The van der Waals surface area contributed by atoms with Gasteiger partial charge in [0, 0.05) is 54.7 Å². The molecular formula is C37H48FN5O3S. The number of likely N-dealkylation sites (N-methyl/N-ethyl adjacent to an activating group) is 2. The van der Waals surface area contributed by atoms with Crippen molar-refractivity contribution in [3.63, 3.8) is 0 Å². The van der Waals surface area contributed by atoms with Gasteiger partial charge >= 0.3 is 0 Å². The molecule has 47 heavy (non-hydrogen) atoms. The van der Waals surface area contributed by atoms with Crippen molar-refractivity contribution in [3.8, 4) is 11.3 Å². The number of benzene rings is 1. The molecule has 252 valence electrons. The maximum absolute atomic E-state index is 14.9. The van der Waals surface area contributed by atoms with Gasteiger partial charge < -0.3 is 19.9 Å². The topological polar surface area (TPSA) is 90.7 Å². The number of aryl methyl sites for hydroxylation is 4. The molecule has 2 aliphatic carbocycles. The number of piperazine rings is 1. The molecule has 2 N–H and O–H groups in total. The normalized spacial score (nSPS) is 21.0. The van der Waals surface area contributed by atoms with Crippen LogP contribution in [0.2, 0.25) is 0 Å². The number of hydrogen-bond donors (Lipinski definition) is 2. The van der Waals surface area contributed by atoms with Crippen LogP contribution in [0.5, 0.6) is 0 Å². The Labute approximate surface area is 281 Å². The van der Waals surface area contributed by atoms with Gasteiger partial charge in [-0.1, -0.05) is 19.4 Å². The zero-order chi connectivity index (χ0) is 33.1. The third-order valence-corrected chi connectivity index (χ3v) is 11.5. The molecule has 1 aliphatic heterocycles. The molecule has 2 aromatic heterocycles. The van der Waals surface area contributed by atoms with Gasteiger partial charge in [-0.15, -0.1) is 11.3 Å². The summed E-state index contributed by atoms with van der Waals surface area (Å²) < 4.78 is 16.4. The SMILES string of the molecule is CCN1CCN(C)C(=O)C1C1=CCC(Nc2nc(-c3ccc(F)c(CCCCC(O)c4cc5c(s4)CCCC5)c3)cn(C)c2=O)CC1. The average Bonchev–Trinajstić information content (AvgIpc) is 3.52. The van der Waals surface area contributed by atoms with Gasteiger partial charge in [0.2, 0.25) is 5.91 Å². The summed E-state index contributed by atoms with van der Waals surface area (Å²) in [6, 6.07) is 7.05. The molecule has 1 aromatic carbocycles. The van der Waals surface area contributed by atoms with Crippen LogP contribution >= 0.6 is 11.3 Å². The number of halogens is 1. The van der Waals surface area contributed by atoms with E-state index >= 15 is 0 Å². The number of anilines is 1. The second-order valence-corrected chi connectivity index (χ2v) is 14.6. The van der Waals surface area contributed by atoms with Crippen molar-refractivity contribution in [2.45, 2.75) is 95.7 Å². The van der Waals surface area contributed by atoms with E-state index in [-0.39, 0.29) is 35.2 Å². The van der Waals surface area contributed by atoms with Crippen molar-refractivity contribution in [2.24, 2.45) is 7.05 Å². The van der Waals surface area contributed by atoms with Gasteiger partial charge in [-0.3, -0.25) is 14.5 Å². The second-order valence-electron chi connectivity index (χ2n) is 13.4. The maximum Gasteiger partial charge on any atom is 0.293 e. The Morgan fingerprint density at radius 2 is 1.94 bits per heavy atom. The van der Waals surface area contributed by atoms with E-state index < -0.39 is 6.10 Å². The lowest BCUT2D eigenvalue weighted by molar-refractivity contribution is -0.138. The van der Waals surface area contributed by atoms with Crippen molar-refractivity contribution >= 4 is 23.1 Å². The number of aliphatic hydroxyl groups excluding tert-OH is 1. The van der Waals surface area contributed by atoms with Crippen molar-refractivity contribution < 1.29 is 14.3 Å². The molecule has 0 saturated carbocycles. The molecule has 3 atom stereocenters. The number of carbonyl (C=O) groups is 1. The van der Waals surface area contributed by atoms with E-state index in [1.165, 1.54) is 33.9 Å². The Balaban J connectivity index is 1.08. The van der Waals surface area contributed by atoms with Crippen LogP contribution in [0.3, 0.4) is 0 Å². The van der Waals surface area contributed by atoms with Crippen molar-refractivity contribution in [3.05, 3.63) is 79.2 Å². The predicted octanol–water partition coefficient (Wildman–Crippen LogP) is 6.03. The first-order valence-corrected chi connectivity index (χ1v) is 18.1. The molecule has 3 unspecified atom stereocenters. The Bertz CT molecular complexity index is 1660. The third-order valence-electron chi connectivity index (χ3n) is 10.2. The van der Waals surface area contributed by atoms with Crippen LogP contribution in [0.1, 0.15) is 85.3 Å². The molecule has 10 heteroatoms. The number of aliphatic hydroxyl groups is 1. The number of unbranched alkanes of at least 4 members (excludes halogenated alkanes) is 1. The van der Waals surface area contributed by atoms with Crippen LogP contribution in [0.25, 0.3) is 11.3 Å². The molecule has 0 radical (unpaired) electrons. The molecule has 0 spiro atoms. The maximum atomic E-state index is 14.9. The van der Waals surface area contributed by atoms with Gasteiger partial charge in [-0.25, -0.2) is 9.37 Å². The van der Waals surface area contributed by atoms with Gasteiger partial charge in [0.05, 0.1) is 11.8 Å². The fourth-order valence-corrected chi connectivity index (χ4v) is 8.56. The monoisotopic (exact) mass is 661 g/mol. The van der Waals surface area contributed by atoms with E-state index in [1.54, 1.807) is 30.6 Å². The molecule has 3 heterocycles. The van der Waals surface area contributed by atoms with Crippen molar-refractivity contribution in [1.29, 1.82) is 0 Å². The van der Waals surface area contributed by atoms with E-state index in [0.717, 1.165) is 74.2 Å². The van der Waals surface area contributed by atoms with Gasteiger partial charge in [-0.2, -0.15) is 0 Å². The first-order chi connectivity index (χ1) is 22.7. The minimum atomic E-state index is -0.462. The average molecular weight is 662 g/mol. The number of carbonyl (C=O) groups excluding carboxylic acids is 1. The second kappa shape index (κ2) is 14.8. The Morgan fingerprint density at radius 3 is 2.70 bits per heavy atom. The summed E-state index contributed by atoms with van der Waals surface area (Å²) in [5.74, 6) is 0.190. The molecule has 1 saturated heterocycles. The first kappa shape index (κ1) is 33.6. The summed E-state index contributed by atoms with van der Waals surface area (Å²) in [5.41, 5.74) is 4.34. The summed E-state index contributed by atoms with van der Waals surface area (Å²) in [7, 11) is 3.58. The van der Waals surface area contributed by atoms with Crippen LogP contribution in [0, 0.1) is 5.82 Å². The van der Waals surface area contributed by atoms with Crippen LogP contribution in [0.15, 0.2) is 46.9 Å². The summed E-state index contributed by atoms with van der Waals surface area (Å²) in [4.78, 5) is 37.4. The minimum absolute atomic E-state index is 0.0273. The lowest BCUT2D eigenvalue weighted by atomic mass is 9.88. The Morgan fingerprint density at radius 1 is 1.11 bits per heavy atom. The number of fused-ring (bicyclic) bond motifs is 1. The largest absolute Gasteiger partial charge is 0.388 e. The lowest BCUT2D eigenvalue weighted by Crippen LogP contribution is -2.56. The number of aromatic nitrogens is 2. The predicted molar refractivity (Wildman–Crippen MR) is 186 cm³/mol. The molecule has 1 fully saturated rings. The number of thiophene rings is 1. The summed E-state index contributed by atoms with van der Waals surface area (Å²) in [6.07, 6.45) is 13.2. The number of nitrogens with zero attached hydrogens (tertiary/aromatic N) is 4. The molecule has 0 bridgehead atoms. The molecule has 1 amide bonds. The molecule has 3 aromatic rings. The van der Waals surface area contributed by atoms with Crippen LogP contribution in [-0.2, 0) is 31.1 Å². The summed E-state index contributed by atoms with van der Waals surface area (Å²) in [6.45, 7) is 4.56. The van der Waals surface area contributed by atoms with Crippen molar-refractivity contribution in [1.82, 2.24) is 19.4 Å². The minimum Gasteiger partial charge on any atom is -0.388 e. The quantitative estimate of drug-likeness (QED) is 0.193. The fraction of sp³-hybridized carbons (Fsp3) is 0.541. The van der Waals surface area contributed by atoms with E-state index in [9.17, 15) is 19.1 Å². The lowest BCUT2D eigenvalue weighted by Gasteiger charge is -2.41. The van der Waals surface area contributed by atoms with E-state index in [1.807, 2.05) is 18.0 Å². The van der Waals surface area contributed by atoms with Gasteiger partial charge in [-0.05, 0) is 112 Å². The van der Waals surface area contributed by atoms with Gasteiger partial charge in [0.1, 0.15) is 11.9 Å².